The number of aliphatic imine (C=N–C) groups is 1. The number of allylic oxidation sites excluding steroid dienone is 2. The van der Waals surface area contributed by atoms with Gasteiger partial charge in [-0.1, -0.05) is 145 Å². The second-order valence-electron chi connectivity index (χ2n) is 14.2. The number of hydrogen-bond donors (Lipinski definition) is 1. The molecule has 0 spiro atoms. The molecule has 0 saturated heterocycles. The number of rotatable bonds is 5. The Morgan fingerprint density at radius 1 is 0.644 bits per heavy atom. The fourth-order valence-electron chi connectivity index (χ4n) is 7.18. The van der Waals surface area contributed by atoms with E-state index in [2.05, 4.69) is 145 Å². The van der Waals surface area contributed by atoms with Crippen LogP contribution >= 0.6 is 0 Å². The maximum atomic E-state index is 9.10. The molecule has 3 heteroatoms. The molecule has 0 aromatic heterocycles. The number of benzene rings is 4. The summed E-state index contributed by atoms with van der Waals surface area (Å²) in [6.07, 6.45) is 5.86. The van der Waals surface area contributed by atoms with Gasteiger partial charge in [-0.3, -0.25) is 5.41 Å². The highest BCUT2D eigenvalue weighted by Crippen LogP contribution is 2.68. The second-order valence-corrected chi connectivity index (χ2v) is 14.2. The molecule has 3 nitrogen and oxygen atoms in total. The van der Waals surface area contributed by atoms with E-state index in [0.717, 1.165) is 45.6 Å². The maximum absolute atomic E-state index is 9.10. The first-order chi connectivity index (χ1) is 21.4. The molecule has 2 aliphatic carbocycles. The molecule has 4 aromatic rings. The fraction of sp³-hybridized carbons (Fsp3) is 0.286. The Hall–Kier alpha value is -4.50. The predicted octanol–water partition coefficient (Wildman–Crippen LogP) is 10.4. The molecule has 228 valence electrons. The molecule has 1 fully saturated rings. The van der Waals surface area contributed by atoms with E-state index in [1.165, 1.54) is 11.1 Å². The molecule has 0 radical (unpaired) electrons. The van der Waals surface area contributed by atoms with Crippen molar-refractivity contribution in [2.24, 2.45) is 21.2 Å². The molecule has 0 heterocycles. The lowest BCUT2D eigenvalue weighted by Gasteiger charge is -2.43. The smallest absolute Gasteiger partial charge is 0.154 e. The Morgan fingerprint density at radius 3 is 1.67 bits per heavy atom. The van der Waals surface area contributed by atoms with Gasteiger partial charge in [0, 0.05) is 18.2 Å². The first-order valence-corrected chi connectivity index (χ1v) is 16.1. The zero-order valence-electron chi connectivity index (χ0n) is 27.7. The summed E-state index contributed by atoms with van der Waals surface area (Å²) in [6.45, 7) is 14.4. The lowest BCUT2D eigenvalue weighted by atomic mass is 9.60. The molecular formula is C42H45N3. The van der Waals surface area contributed by atoms with Crippen LogP contribution in [0.15, 0.2) is 137 Å². The Labute approximate surface area is 269 Å². The van der Waals surface area contributed by atoms with Crippen molar-refractivity contribution < 1.29 is 0 Å². The number of hydrogen-bond acceptors (Lipinski definition) is 1. The van der Waals surface area contributed by atoms with Crippen molar-refractivity contribution in [3.05, 3.63) is 144 Å². The highest BCUT2D eigenvalue weighted by Gasteiger charge is 2.59. The third-order valence-corrected chi connectivity index (χ3v) is 11.2. The lowest BCUT2D eigenvalue weighted by molar-refractivity contribution is 0.0752. The van der Waals surface area contributed by atoms with Crippen LogP contribution in [-0.2, 0) is 0 Å². The summed E-state index contributed by atoms with van der Waals surface area (Å²) >= 11 is 0. The van der Waals surface area contributed by atoms with Gasteiger partial charge in [0.1, 0.15) is 5.84 Å². The summed E-state index contributed by atoms with van der Waals surface area (Å²) in [5, 5.41) is 9.10. The highest BCUT2D eigenvalue weighted by atomic mass is 15.2. The largest absolute Gasteiger partial charge is 0.352 e. The molecule has 1 saturated carbocycles. The summed E-state index contributed by atoms with van der Waals surface area (Å²) in [4.78, 5) is 7.41. The molecule has 45 heavy (non-hydrogen) atoms. The monoisotopic (exact) mass is 591 g/mol. The molecule has 0 bridgehead atoms. The van der Waals surface area contributed by atoms with Crippen molar-refractivity contribution in [1.29, 1.82) is 5.41 Å². The van der Waals surface area contributed by atoms with Gasteiger partial charge in [-0.15, -0.1) is 0 Å². The summed E-state index contributed by atoms with van der Waals surface area (Å²) < 4.78 is 0. The molecular weight excluding hydrogens is 546 g/mol. The summed E-state index contributed by atoms with van der Waals surface area (Å²) in [5.74, 6) is 1.05. The number of nitrogens with zero attached hydrogens (tertiary/aromatic N) is 2. The van der Waals surface area contributed by atoms with Crippen LogP contribution in [0.5, 0.6) is 0 Å². The van der Waals surface area contributed by atoms with Gasteiger partial charge in [-0.2, -0.15) is 0 Å². The maximum Gasteiger partial charge on any atom is 0.154 e. The number of fused-ring (bicyclic) bond motifs is 1. The van der Waals surface area contributed by atoms with Crippen LogP contribution in [0.25, 0.3) is 22.3 Å². The van der Waals surface area contributed by atoms with E-state index >= 15 is 0 Å². The van der Waals surface area contributed by atoms with Gasteiger partial charge in [0.05, 0.1) is 6.04 Å². The van der Waals surface area contributed by atoms with Gasteiger partial charge in [-0.25, -0.2) is 4.99 Å². The van der Waals surface area contributed by atoms with Crippen LogP contribution in [0.4, 0.5) is 0 Å². The average molecular weight is 592 g/mol. The van der Waals surface area contributed by atoms with Crippen molar-refractivity contribution in [3.8, 4) is 22.3 Å². The second kappa shape index (κ2) is 11.5. The van der Waals surface area contributed by atoms with E-state index in [1.54, 1.807) is 0 Å². The van der Waals surface area contributed by atoms with Gasteiger partial charge >= 0.3 is 0 Å². The summed E-state index contributed by atoms with van der Waals surface area (Å²) in [7, 11) is 2.15. The molecule has 1 N–H and O–H groups in total. The lowest BCUT2D eigenvalue weighted by Crippen LogP contribution is -2.39. The van der Waals surface area contributed by atoms with Crippen molar-refractivity contribution in [1.82, 2.24) is 4.90 Å². The number of nitrogens with one attached hydrogen (secondary N) is 1. The van der Waals surface area contributed by atoms with Crippen LogP contribution in [0.3, 0.4) is 0 Å². The van der Waals surface area contributed by atoms with Crippen LogP contribution in [0, 0.1) is 21.7 Å². The predicted molar refractivity (Wildman–Crippen MR) is 191 cm³/mol. The van der Waals surface area contributed by atoms with E-state index in [0.29, 0.717) is 0 Å². The Kier molecular flexibility index (Phi) is 7.77. The highest BCUT2D eigenvalue weighted by molar-refractivity contribution is 6.11. The molecule has 2 aliphatic rings. The van der Waals surface area contributed by atoms with Crippen LogP contribution < -0.4 is 0 Å². The van der Waals surface area contributed by atoms with Gasteiger partial charge in [0.25, 0.3) is 0 Å². The van der Waals surface area contributed by atoms with Gasteiger partial charge in [-0.05, 0) is 74.3 Å². The normalized spacial score (nSPS) is 19.7. The van der Waals surface area contributed by atoms with Crippen molar-refractivity contribution >= 4 is 11.7 Å². The SMILES string of the molecule is CN(/C(=N\C(=N)c1ccccc1)c1cc(-c2ccccc2)cc(-c2ccccc2)c1)C1C=C2C(=CC1)C(C)(C)C(C)(C)C2(C)C. The molecule has 6 rings (SSSR count). The molecule has 0 amide bonds. The van der Waals surface area contributed by atoms with Crippen molar-refractivity contribution in [2.45, 2.75) is 54.0 Å². The molecule has 0 aliphatic heterocycles. The number of amidine groups is 2. The van der Waals surface area contributed by atoms with Gasteiger partial charge in [0.15, 0.2) is 5.84 Å². The minimum atomic E-state index is 0.0175. The number of likely N-dealkylation sites (N-methyl/N-ethyl adjacent to an activating group) is 1. The van der Waals surface area contributed by atoms with Gasteiger partial charge in [0.2, 0.25) is 0 Å². The minimum absolute atomic E-state index is 0.0175. The van der Waals surface area contributed by atoms with E-state index in [4.69, 9.17) is 10.4 Å². The Morgan fingerprint density at radius 2 is 1.13 bits per heavy atom. The van der Waals surface area contributed by atoms with Crippen LogP contribution in [0.1, 0.15) is 59.1 Å². The topological polar surface area (TPSA) is 39.5 Å². The zero-order chi connectivity index (χ0) is 32.0. The molecule has 1 unspecified atom stereocenters. The van der Waals surface area contributed by atoms with E-state index in [9.17, 15) is 0 Å². The quantitative estimate of drug-likeness (QED) is 0.182. The zero-order valence-corrected chi connectivity index (χ0v) is 27.7. The van der Waals surface area contributed by atoms with E-state index < -0.39 is 0 Å². The van der Waals surface area contributed by atoms with E-state index in [1.807, 2.05) is 30.3 Å². The summed E-state index contributed by atoms with van der Waals surface area (Å²) in [5.41, 5.74) is 9.49. The Bertz CT molecular complexity index is 1750. The Balaban J connectivity index is 1.51. The standard InChI is InChI=1S/C42H45N3/c1-40(2)36-24-23-35(28-37(36)41(3,4)42(40,5)6)45(7)39(44-38(43)31-21-15-10-16-22-31)34-26-32(29-17-11-8-12-18-29)25-33(27-34)30-19-13-9-14-20-30/h8-22,24-28,35,43H,23H2,1-7H3/b43-38?,44-39-. The molecule has 4 aromatic carbocycles. The first-order valence-electron chi connectivity index (χ1n) is 16.1. The average Bonchev–Trinajstić information content (AvgIpc) is 3.17. The molecule has 1 atom stereocenters. The fourth-order valence-corrected chi connectivity index (χ4v) is 7.18. The third-order valence-electron chi connectivity index (χ3n) is 11.2. The third kappa shape index (κ3) is 5.29. The van der Waals surface area contributed by atoms with Gasteiger partial charge < -0.3 is 4.90 Å². The van der Waals surface area contributed by atoms with Crippen LogP contribution in [-0.4, -0.2) is 29.7 Å². The van der Waals surface area contributed by atoms with Crippen molar-refractivity contribution in [2.75, 3.05) is 7.05 Å². The first kappa shape index (κ1) is 30.5. The summed E-state index contributed by atoms with van der Waals surface area (Å²) in [6, 6.07) is 37.7. The van der Waals surface area contributed by atoms with E-state index in [-0.39, 0.29) is 28.1 Å². The minimum Gasteiger partial charge on any atom is -0.352 e. The van der Waals surface area contributed by atoms with Crippen molar-refractivity contribution in [3.63, 3.8) is 0 Å². The van der Waals surface area contributed by atoms with Crippen LogP contribution in [0.2, 0.25) is 0 Å².